The summed E-state index contributed by atoms with van der Waals surface area (Å²) in [5.41, 5.74) is 2.15. The molecule has 0 bridgehead atoms. The largest absolute Gasteiger partial charge is 0.294 e. The van der Waals surface area contributed by atoms with Crippen molar-refractivity contribution in [1.82, 2.24) is 20.2 Å². The number of rotatable bonds is 4. The molecule has 5 nitrogen and oxygen atoms in total. The lowest BCUT2D eigenvalue weighted by atomic mass is 10.1. The first-order valence-corrected chi connectivity index (χ1v) is 6.77. The van der Waals surface area contributed by atoms with Crippen LogP contribution in [-0.2, 0) is 0 Å². The van der Waals surface area contributed by atoms with E-state index < -0.39 is 0 Å². The summed E-state index contributed by atoms with van der Waals surface area (Å²) in [6.07, 6.45) is 0.442. The summed E-state index contributed by atoms with van der Waals surface area (Å²) >= 11 is 0. The van der Waals surface area contributed by atoms with E-state index >= 15 is 0 Å². The molecule has 0 N–H and O–H groups in total. The van der Waals surface area contributed by atoms with Crippen molar-refractivity contribution in [2.75, 3.05) is 0 Å². The summed E-state index contributed by atoms with van der Waals surface area (Å²) in [6, 6.07) is 16.9. The monoisotopic (exact) mass is 278 g/mol. The molecule has 0 aliphatic rings. The van der Waals surface area contributed by atoms with E-state index in [0.717, 1.165) is 5.56 Å². The minimum Gasteiger partial charge on any atom is -0.294 e. The Morgan fingerprint density at radius 3 is 2.52 bits per heavy atom. The lowest BCUT2D eigenvalue weighted by Crippen LogP contribution is -2.07. The zero-order valence-electron chi connectivity index (χ0n) is 11.6. The smallest absolute Gasteiger partial charge is 0.205 e. The van der Waals surface area contributed by atoms with Crippen LogP contribution in [0.5, 0.6) is 0 Å². The van der Waals surface area contributed by atoms with Gasteiger partial charge in [0.1, 0.15) is 0 Å². The molecule has 0 saturated carbocycles. The fourth-order valence-electron chi connectivity index (χ4n) is 2.09. The molecule has 0 aliphatic heterocycles. The second-order valence-corrected chi connectivity index (χ2v) is 4.56. The fourth-order valence-corrected chi connectivity index (χ4v) is 2.09. The van der Waals surface area contributed by atoms with Gasteiger partial charge in [0.2, 0.25) is 5.82 Å². The quantitative estimate of drug-likeness (QED) is 0.688. The Balaban J connectivity index is 2.03. The van der Waals surface area contributed by atoms with Crippen LogP contribution in [0.25, 0.3) is 17.1 Å². The second-order valence-electron chi connectivity index (χ2n) is 4.56. The third kappa shape index (κ3) is 2.58. The number of nitrogens with zero attached hydrogens (tertiary/aromatic N) is 4. The molecule has 2 aromatic carbocycles. The average Bonchev–Trinajstić information content (AvgIpc) is 3.05. The predicted octanol–water partition coefficient (Wildman–Crippen LogP) is 2.92. The van der Waals surface area contributed by atoms with E-state index in [0.29, 0.717) is 23.5 Å². The van der Waals surface area contributed by atoms with E-state index in [1.807, 2.05) is 55.5 Å². The highest BCUT2D eigenvalue weighted by Gasteiger charge is 2.13. The zero-order chi connectivity index (χ0) is 14.7. The fraction of sp³-hybridized carbons (Fsp3) is 0.125. The van der Waals surface area contributed by atoms with Crippen molar-refractivity contribution >= 4 is 5.78 Å². The molecule has 1 heterocycles. The van der Waals surface area contributed by atoms with Crippen LogP contribution in [0.2, 0.25) is 0 Å². The summed E-state index contributed by atoms with van der Waals surface area (Å²) < 4.78 is 0. The zero-order valence-corrected chi connectivity index (χ0v) is 11.6. The lowest BCUT2D eigenvalue weighted by Gasteiger charge is -2.05. The van der Waals surface area contributed by atoms with Crippen molar-refractivity contribution in [3.8, 4) is 17.1 Å². The number of tetrazole rings is 1. The van der Waals surface area contributed by atoms with E-state index in [9.17, 15) is 4.79 Å². The molecule has 0 radical (unpaired) electrons. The topological polar surface area (TPSA) is 60.7 Å². The molecule has 3 aromatic rings. The SMILES string of the molecule is CCC(=O)c1ccccc1-n1nnc(-c2ccccc2)n1. The minimum absolute atomic E-state index is 0.0594. The van der Waals surface area contributed by atoms with Gasteiger partial charge in [-0.3, -0.25) is 4.79 Å². The van der Waals surface area contributed by atoms with Crippen molar-refractivity contribution in [2.24, 2.45) is 0 Å². The molecule has 1 aromatic heterocycles. The van der Waals surface area contributed by atoms with Gasteiger partial charge < -0.3 is 0 Å². The number of Topliss-reactive ketones (excluding diaryl/α,β-unsaturated/α-hetero) is 1. The summed E-state index contributed by atoms with van der Waals surface area (Å²) in [6.45, 7) is 1.84. The van der Waals surface area contributed by atoms with Gasteiger partial charge >= 0.3 is 0 Å². The lowest BCUT2D eigenvalue weighted by molar-refractivity contribution is 0.0988. The number of hydrogen-bond acceptors (Lipinski definition) is 4. The highest BCUT2D eigenvalue weighted by molar-refractivity contribution is 5.99. The summed E-state index contributed by atoms with van der Waals surface area (Å²) in [7, 11) is 0. The van der Waals surface area contributed by atoms with Gasteiger partial charge in [-0.25, -0.2) is 0 Å². The van der Waals surface area contributed by atoms with Crippen molar-refractivity contribution in [2.45, 2.75) is 13.3 Å². The van der Waals surface area contributed by atoms with Gasteiger partial charge in [-0.1, -0.05) is 49.4 Å². The Labute approximate surface area is 122 Å². The van der Waals surface area contributed by atoms with Gasteiger partial charge in [-0.15, -0.1) is 15.0 Å². The van der Waals surface area contributed by atoms with Crippen LogP contribution in [0.15, 0.2) is 54.6 Å². The molecular formula is C16H14N4O. The molecule has 21 heavy (non-hydrogen) atoms. The third-order valence-corrected chi connectivity index (χ3v) is 3.19. The maximum Gasteiger partial charge on any atom is 0.205 e. The molecule has 3 rings (SSSR count). The molecule has 0 saturated heterocycles. The number of carbonyl (C=O) groups excluding carboxylic acids is 1. The number of hydrogen-bond donors (Lipinski definition) is 0. The van der Waals surface area contributed by atoms with Gasteiger partial charge in [0.15, 0.2) is 5.78 Å². The van der Waals surface area contributed by atoms with E-state index in [1.54, 1.807) is 6.07 Å². The Bertz CT molecular complexity index is 765. The number of ketones is 1. The molecule has 104 valence electrons. The van der Waals surface area contributed by atoms with E-state index in [2.05, 4.69) is 15.4 Å². The molecule has 5 heteroatoms. The van der Waals surface area contributed by atoms with Gasteiger partial charge in [-0.2, -0.15) is 0 Å². The van der Waals surface area contributed by atoms with Gasteiger partial charge in [0.05, 0.1) is 5.69 Å². The third-order valence-electron chi connectivity index (χ3n) is 3.19. The molecular weight excluding hydrogens is 264 g/mol. The number of benzene rings is 2. The standard InChI is InChI=1S/C16H14N4O/c1-2-15(21)13-10-6-7-11-14(13)20-18-16(17-19-20)12-8-4-3-5-9-12/h3-11H,2H2,1H3. The summed E-state index contributed by atoms with van der Waals surface area (Å²) in [5.74, 6) is 0.596. The summed E-state index contributed by atoms with van der Waals surface area (Å²) in [4.78, 5) is 13.4. The first-order valence-electron chi connectivity index (χ1n) is 6.77. The Morgan fingerprint density at radius 2 is 1.76 bits per heavy atom. The van der Waals surface area contributed by atoms with Gasteiger partial charge in [0.25, 0.3) is 0 Å². The molecule has 0 amide bonds. The molecule has 0 spiro atoms. The van der Waals surface area contributed by atoms with Crippen molar-refractivity contribution in [3.05, 3.63) is 60.2 Å². The predicted molar refractivity (Wildman–Crippen MR) is 79.2 cm³/mol. The van der Waals surface area contributed by atoms with Crippen LogP contribution in [0.1, 0.15) is 23.7 Å². The summed E-state index contributed by atoms with van der Waals surface area (Å²) in [5, 5.41) is 12.5. The Morgan fingerprint density at radius 1 is 1.05 bits per heavy atom. The number of carbonyl (C=O) groups is 1. The van der Waals surface area contributed by atoms with Crippen LogP contribution in [0.4, 0.5) is 0 Å². The van der Waals surface area contributed by atoms with Gasteiger partial charge in [0, 0.05) is 17.5 Å². The van der Waals surface area contributed by atoms with Gasteiger partial charge in [-0.05, 0) is 17.3 Å². The maximum atomic E-state index is 12.0. The van der Waals surface area contributed by atoms with E-state index in [-0.39, 0.29) is 5.78 Å². The van der Waals surface area contributed by atoms with Crippen LogP contribution in [-0.4, -0.2) is 26.0 Å². The number of para-hydroxylation sites is 1. The highest BCUT2D eigenvalue weighted by atomic mass is 16.1. The Kier molecular flexibility index (Phi) is 3.55. The molecule has 0 aliphatic carbocycles. The first-order chi connectivity index (χ1) is 10.3. The van der Waals surface area contributed by atoms with Crippen LogP contribution < -0.4 is 0 Å². The second kappa shape index (κ2) is 5.66. The number of aromatic nitrogens is 4. The Hall–Kier alpha value is -2.82. The molecule has 0 unspecified atom stereocenters. The van der Waals surface area contributed by atoms with Crippen LogP contribution >= 0.6 is 0 Å². The molecule has 0 atom stereocenters. The van der Waals surface area contributed by atoms with Crippen molar-refractivity contribution in [1.29, 1.82) is 0 Å². The minimum atomic E-state index is 0.0594. The van der Waals surface area contributed by atoms with Crippen LogP contribution in [0, 0.1) is 0 Å². The van der Waals surface area contributed by atoms with Crippen molar-refractivity contribution in [3.63, 3.8) is 0 Å². The van der Waals surface area contributed by atoms with Crippen molar-refractivity contribution < 1.29 is 4.79 Å². The first kappa shape index (κ1) is 13.2. The normalized spacial score (nSPS) is 10.5. The van der Waals surface area contributed by atoms with E-state index in [4.69, 9.17) is 0 Å². The molecule has 0 fully saturated rings. The maximum absolute atomic E-state index is 12.0. The van der Waals surface area contributed by atoms with Crippen LogP contribution in [0.3, 0.4) is 0 Å². The van der Waals surface area contributed by atoms with E-state index in [1.165, 1.54) is 4.80 Å². The average molecular weight is 278 g/mol. The highest BCUT2D eigenvalue weighted by Crippen LogP contribution is 2.17.